The summed E-state index contributed by atoms with van der Waals surface area (Å²) in [6.07, 6.45) is 2.46. The van der Waals surface area contributed by atoms with Crippen molar-refractivity contribution in [1.82, 2.24) is 0 Å². The summed E-state index contributed by atoms with van der Waals surface area (Å²) in [5.74, 6) is 0.504. The highest BCUT2D eigenvalue weighted by atomic mass is 127. The van der Waals surface area contributed by atoms with Crippen LogP contribution in [0.5, 0.6) is 11.5 Å². The second-order valence-corrected chi connectivity index (χ2v) is 9.86. The van der Waals surface area contributed by atoms with E-state index in [2.05, 4.69) is 6.92 Å². The molecule has 0 aliphatic carbocycles. The molecule has 7 heteroatoms. The van der Waals surface area contributed by atoms with Gasteiger partial charge in [0.05, 0.1) is 18.3 Å². The maximum Gasteiger partial charge on any atom is 0.343 e. The number of fused-ring (bicyclic) bond motifs is 1. The van der Waals surface area contributed by atoms with E-state index in [1.807, 2.05) is 51.2 Å². The zero-order valence-electron chi connectivity index (χ0n) is 17.7. The molecule has 0 aliphatic heterocycles. The fraction of sp³-hybridized carbons (Fsp3) is 0.154. The molecule has 0 saturated carbocycles. The zero-order valence-corrected chi connectivity index (χ0v) is 22.0. The van der Waals surface area contributed by atoms with E-state index in [0.29, 0.717) is 52.7 Å². The van der Waals surface area contributed by atoms with E-state index in [1.54, 1.807) is 54.6 Å². The van der Waals surface area contributed by atoms with Crippen molar-refractivity contribution >= 4 is 67.9 Å². The molecule has 5 nitrogen and oxygen atoms in total. The van der Waals surface area contributed by atoms with Gasteiger partial charge in [-0.2, -0.15) is 0 Å². The number of ketones is 1. The van der Waals surface area contributed by atoms with Gasteiger partial charge in [0.1, 0.15) is 22.8 Å². The lowest BCUT2D eigenvalue weighted by molar-refractivity contribution is 0.0734. The van der Waals surface area contributed by atoms with Crippen LogP contribution in [0.25, 0.3) is 11.0 Å². The molecule has 0 amide bonds. The van der Waals surface area contributed by atoms with Gasteiger partial charge in [0.25, 0.3) is 0 Å². The lowest BCUT2D eigenvalue weighted by Gasteiger charge is -2.07. The van der Waals surface area contributed by atoms with Gasteiger partial charge < -0.3 is 14.3 Å². The summed E-state index contributed by atoms with van der Waals surface area (Å²) in [5.41, 5.74) is 1.94. The molecule has 0 spiro atoms. The molecular formula is C26H20I2O5. The van der Waals surface area contributed by atoms with E-state index in [4.69, 9.17) is 9.15 Å². The SMILES string of the molecule is CCCCc1oc2cc(OC(=O)c3ccccc3)ccc2c1C(=O)c1cc(I)c(O)c(I)c1. The standard InChI is InChI=1S/C26H20I2O5/c1-2-3-9-21-23(24(29)16-12-19(27)25(30)20(28)13-16)18-11-10-17(14-22(18)33-21)32-26(31)15-7-5-4-6-8-15/h4-8,10-14,30H,2-3,9H2,1H3. The minimum atomic E-state index is -0.461. The van der Waals surface area contributed by atoms with Crippen molar-refractivity contribution < 1.29 is 23.8 Å². The Hall–Kier alpha value is -2.40. The average molecular weight is 666 g/mol. The minimum Gasteiger partial charge on any atom is -0.506 e. The van der Waals surface area contributed by atoms with Gasteiger partial charge in [-0.3, -0.25) is 4.79 Å². The first-order valence-electron chi connectivity index (χ1n) is 10.4. The molecule has 0 aliphatic rings. The number of carbonyl (C=O) groups excluding carboxylic acids is 2. The predicted octanol–water partition coefficient (Wildman–Crippen LogP) is 7.14. The number of benzene rings is 3. The first-order valence-corrected chi connectivity index (χ1v) is 12.6. The summed E-state index contributed by atoms with van der Waals surface area (Å²) >= 11 is 4.03. The molecule has 33 heavy (non-hydrogen) atoms. The van der Waals surface area contributed by atoms with Gasteiger partial charge >= 0.3 is 5.97 Å². The van der Waals surface area contributed by atoms with Crippen molar-refractivity contribution in [2.45, 2.75) is 26.2 Å². The van der Waals surface area contributed by atoms with Crippen LogP contribution in [0.1, 0.15) is 51.8 Å². The van der Waals surface area contributed by atoms with Crippen molar-refractivity contribution in [1.29, 1.82) is 0 Å². The number of hydrogen-bond acceptors (Lipinski definition) is 5. The Kier molecular flexibility index (Phi) is 7.38. The highest BCUT2D eigenvalue weighted by Gasteiger charge is 2.24. The Morgan fingerprint density at radius 2 is 1.67 bits per heavy atom. The maximum atomic E-state index is 13.5. The van der Waals surface area contributed by atoms with Crippen LogP contribution in [0.3, 0.4) is 0 Å². The second kappa shape index (κ2) is 10.3. The van der Waals surface area contributed by atoms with Crippen molar-refractivity contribution in [3.05, 3.63) is 90.3 Å². The number of phenols is 1. The van der Waals surface area contributed by atoms with Crippen LogP contribution in [-0.2, 0) is 6.42 Å². The number of phenolic OH excluding ortho intramolecular Hbond substituents is 1. The molecule has 0 fully saturated rings. The van der Waals surface area contributed by atoms with E-state index < -0.39 is 5.97 Å². The number of carbonyl (C=O) groups is 2. The number of aromatic hydroxyl groups is 1. The fourth-order valence-electron chi connectivity index (χ4n) is 3.53. The smallest absolute Gasteiger partial charge is 0.343 e. The third-order valence-corrected chi connectivity index (χ3v) is 6.86. The maximum absolute atomic E-state index is 13.5. The van der Waals surface area contributed by atoms with Gasteiger partial charge in [-0.25, -0.2) is 4.79 Å². The lowest BCUT2D eigenvalue weighted by atomic mass is 9.98. The Morgan fingerprint density at radius 1 is 0.970 bits per heavy atom. The lowest BCUT2D eigenvalue weighted by Crippen LogP contribution is -2.08. The van der Waals surface area contributed by atoms with E-state index in [1.165, 1.54) is 0 Å². The molecule has 168 valence electrons. The van der Waals surface area contributed by atoms with Crippen molar-refractivity contribution in [3.8, 4) is 11.5 Å². The summed E-state index contributed by atoms with van der Waals surface area (Å²) < 4.78 is 12.8. The molecule has 1 N–H and O–H groups in total. The Balaban J connectivity index is 1.74. The number of furan rings is 1. The first kappa shape index (κ1) is 23.7. The highest BCUT2D eigenvalue weighted by Crippen LogP contribution is 2.34. The molecule has 0 saturated heterocycles. The molecule has 4 rings (SSSR count). The molecular weight excluding hydrogens is 646 g/mol. The monoisotopic (exact) mass is 666 g/mol. The van der Waals surface area contributed by atoms with Gasteiger partial charge in [-0.1, -0.05) is 31.5 Å². The molecule has 1 heterocycles. The van der Waals surface area contributed by atoms with Crippen molar-refractivity contribution in [2.75, 3.05) is 0 Å². The molecule has 3 aromatic carbocycles. The third kappa shape index (κ3) is 5.08. The fourth-order valence-corrected chi connectivity index (χ4v) is 5.30. The van der Waals surface area contributed by atoms with E-state index in [9.17, 15) is 14.7 Å². The average Bonchev–Trinajstić information content (AvgIpc) is 3.18. The van der Waals surface area contributed by atoms with Gasteiger partial charge in [0.15, 0.2) is 5.78 Å². The highest BCUT2D eigenvalue weighted by molar-refractivity contribution is 14.1. The molecule has 0 unspecified atom stereocenters. The van der Waals surface area contributed by atoms with Crippen LogP contribution in [0, 0.1) is 7.14 Å². The Bertz CT molecular complexity index is 1320. The van der Waals surface area contributed by atoms with Gasteiger partial charge in [-0.05, 0) is 88.0 Å². The van der Waals surface area contributed by atoms with Crippen molar-refractivity contribution in [3.63, 3.8) is 0 Å². The van der Waals surface area contributed by atoms with Gasteiger partial charge in [0, 0.05) is 23.4 Å². The molecule has 0 radical (unpaired) electrons. The predicted molar refractivity (Wildman–Crippen MR) is 143 cm³/mol. The molecule has 0 atom stereocenters. The summed E-state index contributed by atoms with van der Waals surface area (Å²) in [5, 5.41) is 10.8. The number of esters is 1. The minimum absolute atomic E-state index is 0.162. The van der Waals surface area contributed by atoms with Gasteiger partial charge in [-0.15, -0.1) is 0 Å². The number of aryl methyl sites for hydroxylation is 1. The van der Waals surface area contributed by atoms with Crippen molar-refractivity contribution in [2.24, 2.45) is 0 Å². The largest absolute Gasteiger partial charge is 0.506 e. The third-order valence-electron chi connectivity index (χ3n) is 5.22. The summed E-state index contributed by atoms with van der Waals surface area (Å²) in [6.45, 7) is 2.08. The molecule has 0 bridgehead atoms. The van der Waals surface area contributed by atoms with Crippen LogP contribution >= 0.6 is 45.2 Å². The van der Waals surface area contributed by atoms with Gasteiger partial charge in [0.2, 0.25) is 0 Å². The van der Waals surface area contributed by atoms with E-state index in [-0.39, 0.29) is 11.5 Å². The summed E-state index contributed by atoms with van der Waals surface area (Å²) in [6, 6.07) is 17.2. The second-order valence-electron chi connectivity index (χ2n) is 7.53. The number of ether oxygens (including phenoxy) is 1. The van der Waals surface area contributed by atoms with E-state index >= 15 is 0 Å². The Morgan fingerprint density at radius 3 is 2.33 bits per heavy atom. The molecule has 4 aromatic rings. The van der Waals surface area contributed by atoms with E-state index in [0.717, 1.165) is 12.8 Å². The zero-order chi connectivity index (χ0) is 23.5. The van der Waals surface area contributed by atoms with Crippen LogP contribution in [0.2, 0.25) is 0 Å². The normalized spacial score (nSPS) is 11.0. The van der Waals surface area contributed by atoms with Crippen LogP contribution in [-0.4, -0.2) is 16.9 Å². The number of hydrogen-bond donors (Lipinski definition) is 1. The first-order chi connectivity index (χ1) is 15.9. The van der Waals surface area contributed by atoms with Crippen LogP contribution in [0.15, 0.2) is 65.1 Å². The number of halogens is 2. The quantitative estimate of drug-likeness (QED) is 0.0983. The summed E-state index contributed by atoms with van der Waals surface area (Å²) in [7, 11) is 0. The number of rotatable bonds is 7. The topological polar surface area (TPSA) is 76.7 Å². The summed E-state index contributed by atoms with van der Waals surface area (Å²) in [4.78, 5) is 26.0. The van der Waals surface area contributed by atoms with Crippen LogP contribution < -0.4 is 4.74 Å². The van der Waals surface area contributed by atoms with Crippen LogP contribution in [0.4, 0.5) is 0 Å². The molecule has 1 aromatic heterocycles. The Labute approximate surface area is 218 Å². The number of unbranched alkanes of at least 4 members (excludes halogenated alkanes) is 1.